The molecule has 3 heterocycles. The van der Waals surface area contributed by atoms with Gasteiger partial charge in [-0.2, -0.15) is 0 Å². The molecule has 0 aromatic carbocycles. The molecule has 2 nitrogen and oxygen atoms in total. The zero-order chi connectivity index (χ0) is 7.97. The van der Waals surface area contributed by atoms with E-state index in [-0.39, 0.29) is 0 Å². The fourth-order valence-corrected chi connectivity index (χ4v) is 2.39. The summed E-state index contributed by atoms with van der Waals surface area (Å²) in [7, 11) is 0. The van der Waals surface area contributed by atoms with E-state index in [1.54, 1.807) is 11.5 Å². The van der Waals surface area contributed by atoms with Crippen LogP contribution in [0, 0.1) is 0 Å². The Bertz CT molecular complexity index is 534. The van der Waals surface area contributed by atoms with Gasteiger partial charge in [-0.1, -0.05) is 11.5 Å². The lowest BCUT2D eigenvalue weighted by Gasteiger charge is -1.83. The molecule has 0 amide bonds. The average molecular weight is 174 g/mol. The average Bonchev–Trinajstić information content (AvgIpc) is 2.62. The monoisotopic (exact) mass is 174 g/mol. The van der Waals surface area contributed by atoms with E-state index in [9.17, 15) is 0 Å². The van der Waals surface area contributed by atoms with Crippen LogP contribution in [0.3, 0.4) is 0 Å². The molecule has 0 aliphatic heterocycles. The van der Waals surface area contributed by atoms with Crippen LogP contribution >= 0.6 is 11.5 Å². The van der Waals surface area contributed by atoms with Crippen molar-refractivity contribution < 1.29 is 0 Å². The molecular weight excluding hydrogens is 168 g/mol. The second-order valence-corrected chi connectivity index (χ2v) is 3.70. The van der Waals surface area contributed by atoms with Gasteiger partial charge in [0.2, 0.25) is 0 Å². The van der Waals surface area contributed by atoms with Crippen LogP contribution in [-0.2, 0) is 0 Å². The first kappa shape index (κ1) is 6.20. The third kappa shape index (κ3) is 0.662. The van der Waals surface area contributed by atoms with Crippen LogP contribution in [-0.4, -0.2) is 8.77 Å². The minimum Gasteiger partial charge on any atom is -0.273 e. The number of aromatic nitrogens is 2. The Kier molecular flexibility index (Phi) is 1.07. The quantitative estimate of drug-likeness (QED) is 0.512. The number of fused-ring (bicyclic) bond motifs is 3. The molecule has 0 radical (unpaired) electrons. The number of rotatable bonds is 0. The first-order chi connectivity index (χ1) is 5.95. The second kappa shape index (κ2) is 2.08. The highest BCUT2D eigenvalue weighted by atomic mass is 32.1. The van der Waals surface area contributed by atoms with Crippen LogP contribution < -0.4 is 0 Å². The molecule has 58 valence electrons. The van der Waals surface area contributed by atoms with Crippen molar-refractivity contribution >= 4 is 27.1 Å². The van der Waals surface area contributed by atoms with Crippen LogP contribution in [0.4, 0.5) is 0 Å². The largest absolute Gasteiger partial charge is 0.273 e. The molecule has 0 N–H and O–H groups in total. The standard InChI is InChI=1S/C9H6N2S/c1-2-8-7-6-10-4-3-9(7)12-11(8)5-1/h1-6H. The minimum absolute atomic E-state index is 1.24. The van der Waals surface area contributed by atoms with Gasteiger partial charge in [-0.15, -0.1) is 0 Å². The zero-order valence-corrected chi connectivity index (χ0v) is 7.08. The van der Waals surface area contributed by atoms with E-state index >= 15 is 0 Å². The van der Waals surface area contributed by atoms with Crippen molar-refractivity contribution in [1.82, 2.24) is 8.77 Å². The SMILES string of the molecule is c1cc2c3cnccc3sn2c1. The summed E-state index contributed by atoms with van der Waals surface area (Å²) in [6.45, 7) is 0. The number of hydrogen-bond donors (Lipinski definition) is 0. The maximum absolute atomic E-state index is 4.11. The predicted molar refractivity (Wildman–Crippen MR) is 50.6 cm³/mol. The smallest absolute Gasteiger partial charge is 0.0662 e. The van der Waals surface area contributed by atoms with Crippen LogP contribution in [0.2, 0.25) is 0 Å². The Hall–Kier alpha value is -1.35. The number of pyridine rings is 1. The van der Waals surface area contributed by atoms with Crippen molar-refractivity contribution in [2.24, 2.45) is 0 Å². The van der Waals surface area contributed by atoms with Gasteiger partial charge < -0.3 is 0 Å². The summed E-state index contributed by atoms with van der Waals surface area (Å²) < 4.78 is 3.45. The van der Waals surface area contributed by atoms with Crippen molar-refractivity contribution in [2.75, 3.05) is 0 Å². The van der Waals surface area contributed by atoms with Gasteiger partial charge >= 0.3 is 0 Å². The van der Waals surface area contributed by atoms with Crippen LogP contribution in [0.5, 0.6) is 0 Å². The first-order valence-electron chi connectivity index (χ1n) is 3.75. The second-order valence-electron chi connectivity index (χ2n) is 2.68. The van der Waals surface area contributed by atoms with Gasteiger partial charge in [0.1, 0.15) is 0 Å². The summed E-state index contributed by atoms with van der Waals surface area (Å²) in [5, 5.41) is 1.24. The van der Waals surface area contributed by atoms with Crippen molar-refractivity contribution in [1.29, 1.82) is 0 Å². The maximum atomic E-state index is 4.11. The van der Waals surface area contributed by atoms with Crippen LogP contribution in [0.15, 0.2) is 36.8 Å². The molecule has 3 heteroatoms. The molecule has 3 aromatic rings. The van der Waals surface area contributed by atoms with Crippen molar-refractivity contribution in [3.63, 3.8) is 0 Å². The number of nitrogens with zero attached hydrogens (tertiary/aromatic N) is 2. The van der Waals surface area contributed by atoms with Gasteiger partial charge in [0.15, 0.2) is 0 Å². The molecule has 0 aliphatic carbocycles. The van der Waals surface area contributed by atoms with E-state index in [1.165, 1.54) is 15.6 Å². The molecule has 0 spiro atoms. The zero-order valence-electron chi connectivity index (χ0n) is 6.27. The topological polar surface area (TPSA) is 17.3 Å². The Morgan fingerprint density at radius 3 is 3.33 bits per heavy atom. The summed E-state index contributed by atoms with van der Waals surface area (Å²) in [4.78, 5) is 4.11. The fourth-order valence-electron chi connectivity index (χ4n) is 1.41. The lowest BCUT2D eigenvalue weighted by molar-refractivity contribution is 1.37. The Labute approximate surface area is 73.2 Å². The van der Waals surface area contributed by atoms with E-state index in [0.717, 1.165) is 0 Å². The summed E-state index contributed by atoms with van der Waals surface area (Å²) in [6.07, 6.45) is 5.82. The van der Waals surface area contributed by atoms with Gasteiger partial charge in [-0.25, -0.2) is 0 Å². The summed E-state index contributed by atoms with van der Waals surface area (Å²) in [6, 6.07) is 6.21. The normalized spacial score (nSPS) is 11.3. The third-order valence-electron chi connectivity index (χ3n) is 1.97. The van der Waals surface area contributed by atoms with Gasteiger partial charge in [0.25, 0.3) is 0 Å². The number of hydrogen-bond acceptors (Lipinski definition) is 2. The highest BCUT2D eigenvalue weighted by Gasteiger charge is 2.01. The summed E-state index contributed by atoms with van der Waals surface area (Å²) in [5.74, 6) is 0. The molecule has 12 heavy (non-hydrogen) atoms. The first-order valence-corrected chi connectivity index (χ1v) is 4.52. The molecule has 0 saturated carbocycles. The molecule has 0 unspecified atom stereocenters. The van der Waals surface area contributed by atoms with E-state index < -0.39 is 0 Å². The highest BCUT2D eigenvalue weighted by molar-refractivity contribution is 7.14. The van der Waals surface area contributed by atoms with E-state index in [4.69, 9.17) is 0 Å². The molecule has 0 saturated heterocycles. The van der Waals surface area contributed by atoms with E-state index in [2.05, 4.69) is 27.1 Å². The maximum Gasteiger partial charge on any atom is 0.0662 e. The van der Waals surface area contributed by atoms with Crippen LogP contribution in [0.25, 0.3) is 15.6 Å². The van der Waals surface area contributed by atoms with E-state index in [1.807, 2.05) is 18.5 Å². The van der Waals surface area contributed by atoms with Crippen molar-refractivity contribution in [3.05, 3.63) is 36.8 Å². The predicted octanol–water partition coefficient (Wildman–Crippen LogP) is 2.55. The highest BCUT2D eigenvalue weighted by Crippen LogP contribution is 2.25. The molecule has 0 bridgehead atoms. The Balaban J connectivity index is 2.68. The van der Waals surface area contributed by atoms with E-state index in [0.29, 0.717) is 0 Å². The molecule has 3 rings (SSSR count). The van der Waals surface area contributed by atoms with Gasteiger partial charge in [-0.05, 0) is 18.2 Å². The lowest BCUT2D eigenvalue weighted by atomic mass is 10.3. The third-order valence-corrected chi connectivity index (χ3v) is 3.03. The Morgan fingerprint density at radius 2 is 2.33 bits per heavy atom. The van der Waals surface area contributed by atoms with Crippen molar-refractivity contribution in [2.45, 2.75) is 0 Å². The van der Waals surface area contributed by atoms with Gasteiger partial charge in [0, 0.05) is 24.0 Å². The minimum atomic E-state index is 1.24. The van der Waals surface area contributed by atoms with Crippen molar-refractivity contribution in [3.8, 4) is 0 Å². The van der Waals surface area contributed by atoms with Crippen LogP contribution in [0.1, 0.15) is 0 Å². The molecule has 0 fully saturated rings. The molecular formula is C9H6N2S. The fraction of sp³-hybridized carbons (Fsp3) is 0. The summed E-state index contributed by atoms with van der Waals surface area (Å²) >= 11 is 1.74. The Morgan fingerprint density at radius 1 is 1.33 bits per heavy atom. The summed E-state index contributed by atoms with van der Waals surface area (Å²) in [5.41, 5.74) is 1.25. The molecule has 3 aromatic heterocycles. The lowest BCUT2D eigenvalue weighted by Crippen LogP contribution is -1.67. The molecule has 0 aliphatic rings. The van der Waals surface area contributed by atoms with Gasteiger partial charge in [-0.3, -0.25) is 8.77 Å². The van der Waals surface area contributed by atoms with Gasteiger partial charge in [0.05, 0.1) is 10.2 Å². The molecule has 0 atom stereocenters.